The monoisotopic (exact) mass is 330 g/mol. The summed E-state index contributed by atoms with van der Waals surface area (Å²) in [6.45, 7) is 3.32. The molecule has 0 radical (unpaired) electrons. The minimum atomic E-state index is -0.154. The van der Waals surface area contributed by atoms with Gasteiger partial charge in [-0.2, -0.15) is 5.10 Å². The van der Waals surface area contributed by atoms with E-state index in [0.717, 1.165) is 5.82 Å². The van der Waals surface area contributed by atoms with Crippen LogP contribution in [0.4, 0.5) is 0 Å². The second-order valence-electron chi connectivity index (χ2n) is 5.91. The van der Waals surface area contributed by atoms with Gasteiger partial charge in [0.2, 0.25) is 0 Å². The molecule has 1 amide bonds. The van der Waals surface area contributed by atoms with E-state index in [2.05, 4.69) is 5.10 Å². The summed E-state index contributed by atoms with van der Waals surface area (Å²) in [6, 6.07) is 3.82. The number of esters is 1. The Labute approximate surface area is 140 Å². The Kier molecular flexibility index (Phi) is 4.69. The summed E-state index contributed by atoms with van der Waals surface area (Å²) in [6.07, 6.45) is 6.67. The van der Waals surface area contributed by atoms with Gasteiger partial charge in [-0.15, -0.1) is 0 Å². The van der Waals surface area contributed by atoms with Crippen LogP contribution in [-0.4, -0.2) is 50.8 Å². The minimum Gasteiger partial charge on any atom is -0.466 e. The Hall–Kier alpha value is -2.57. The maximum absolute atomic E-state index is 12.9. The van der Waals surface area contributed by atoms with Crippen LogP contribution < -0.4 is 0 Å². The minimum absolute atomic E-state index is 0.0471. The molecular weight excluding hydrogens is 308 g/mol. The van der Waals surface area contributed by atoms with Crippen LogP contribution >= 0.6 is 0 Å². The summed E-state index contributed by atoms with van der Waals surface area (Å²) >= 11 is 0. The Morgan fingerprint density at radius 2 is 1.92 bits per heavy atom. The van der Waals surface area contributed by atoms with Crippen molar-refractivity contribution in [1.82, 2.24) is 19.2 Å². The first kappa shape index (κ1) is 16.3. The molecule has 7 nitrogen and oxygen atoms in total. The fourth-order valence-electron chi connectivity index (χ4n) is 3.11. The number of hydrogen-bond donors (Lipinski definition) is 0. The van der Waals surface area contributed by atoms with Gasteiger partial charge < -0.3 is 14.2 Å². The third-order valence-electron chi connectivity index (χ3n) is 4.39. The van der Waals surface area contributed by atoms with Crippen molar-refractivity contribution in [2.45, 2.75) is 19.8 Å². The van der Waals surface area contributed by atoms with Crippen molar-refractivity contribution in [3.05, 3.63) is 36.3 Å². The van der Waals surface area contributed by atoms with E-state index in [9.17, 15) is 9.59 Å². The molecule has 2 aromatic heterocycles. The highest BCUT2D eigenvalue weighted by atomic mass is 16.5. The molecule has 0 aromatic carbocycles. The van der Waals surface area contributed by atoms with Gasteiger partial charge in [0, 0.05) is 32.5 Å². The Morgan fingerprint density at radius 1 is 1.25 bits per heavy atom. The molecule has 0 unspecified atom stereocenters. The van der Waals surface area contributed by atoms with Crippen LogP contribution in [0, 0.1) is 5.92 Å². The highest BCUT2D eigenvalue weighted by Crippen LogP contribution is 2.22. The topological polar surface area (TPSA) is 69.4 Å². The normalized spacial score (nSPS) is 15.5. The zero-order chi connectivity index (χ0) is 17.1. The SMILES string of the molecule is CCOC(=O)C1CCN(C(=O)c2cnn(C)c2-n2cccc2)CC1. The van der Waals surface area contributed by atoms with Crippen LogP contribution in [-0.2, 0) is 16.6 Å². The van der Waals surface area contributed by atoms with E-state index in [1.165, 1.54) is 0 Å². The van der Waals surface area contributed by atoms with E-state index in [1.807, 2.05) is 43.1 Å². The van der Waals surface area contributed by atoms with E-state index in [-0.39, 0.29) is 17.8 Å². The van der Waals surface area contributed by atoms with Gasteiger partial charge >= 0.3 is 5.97 Å². The first-order valence-corrected chi connectivity index (χ1v) is 8.23. The second kappa shape index (κ2) is 6.90. The van der Waals surface area contributed by atoms with Gasteiger partial charge in [0.05, 0.1) is 18.7 Å². The number of likely N-dealkylation sites (tertiary alicyclic amines) is 1. The van der Waals surface area contributed by atoms with Crippen LogP contribution in [0.15, 0.2) is 30.7 Å². The van der Waals surface area contributed by atoms with E-state index < -0.39 is 0 Å². The summed E-state index contributed by atoms with van der Waals surface area (Å²) in [5.41, 5.74) is 0.572. The van der Waals surface area contributed by atoms with Crippen molar-refractivity contribution in [1.29, 1.82) is 0 Å². The lowest BCUT2D eigenvalue weighted by atomic mass is 9.96. The highest BCUT2D eigenvalue weighted by molar-refractivity contribution is 5.97. The molecule has 7 heteroatoms. The summed E-state index contributed by atoms with van der Waals surface area (Å²) in [4.78, 5) is 26.5. The largest absolute Gasteiger partial charge is 0.466 e. The van der Waals surface area contributed by atoms with Crippen molar-refractivity contribution < 1.29 is 14.3 Å². The number of carbonyl (C=O) groups excluding carboxylic acids is 2. The first-order valence-electron chi connectivity index (χ1n) is 8.23. The second-order valence-corrected chi connectivity index (χ2v) is 5.91. The van der Waals surface area contributed by atoms with Crippen molar-refractivity contribution in [3.63, 3.8) is 0 Å². The summed E-state index contributed by atoms with van der Waals surface area (Å²) in [7, 11) is 1.82. The maximum atomic E-state index is 12.9. The molecule has 128 valence electrons. The molecule has 1 aliphatic rings. The number of aromatic nitrogens is 3. The molecule has 3 rings (SSSR count). The number of nitrogens with zero attached hydrogens (tertiary/aromatic N) is 4. The number of hydrogen-bond acceptors (Lipinski definition) is 4. The van der Waals surface area contributed by atoms with Crippen LogP contribution in [0.2, 0.25) is 0 Å². The molecular formula is C17H22N4O3. The molecule has 2 aromatic rings. The van der Waals surface area contributed by atoms with Crippen molar-refractivity contribution in [2.75, 3.05) is 19.7 Å². The number of carbonyl (C=O) groups is 2. The fourth-order valence-corrected chi connectivity index (χ4v) is 3.11. The lowest BCUT2D eigenvalue weighted by Gasteiger charge is -2.30. The number of aryl methyl sites for hydroxylation is 1. The van der Waals surface area contributed by atoms with Crippen LogP contribution in [0.25, 0.3) is 5.82 Å². The lowest BCUT2D eigenvalue weighted by Crippen LogP contribution is -2.40. The average molecular weight is 330 g/mol. The van der Waals surface area contributed by atoms with Gasteiger partial charge in [-0.1, -0.05) is 0 Å². The smallest absolute Gasteiger partial charge is 0.309 e. The zero-order valence-electron chi connectivity index (χ0n) is 14.0. The van der Waals surface area contributed by atoms with Gasteiger partial charge in [-0.3, -0.25) is 14.3 Å². The summed E-state index contributed by atoms with van der Waals surface area (Å²) < 4.78 is 8.65. The van der Waals surface area contributed by atoms with Crippen molar-refractivity contribution in [2.24, 2.45) is 13.0 Å². The predicted molar refractivity (Wildman–Crippen MR) is 87.8 cm³/mol. The Morgan fingerprint density at radius 3 is 2.54 bits per heavy atom. The quantitative estimate of drug-likeness (QED) is 0.799. The molecule has 1 fully saturated rings. The lowest BCUT2D eigenvalue weighted by molar-refractivity contribution is -0.149. The Bertz CT molecular complexity index is 712. The van der Waals surface area contributed by atoms with E-state index in [1.54, 1.807) is 15.8 Å². The van der Waals surface area contributed by atoms with Crippen molar-refractivity contribution in [3.8, 4) is 5.82 Å². The predicted octanol–water partition coefficient (Wildman–Crippen LogP) is 1.63. The van der Waals surface area contributed by atoms with E-state index in [0.29, 0.717) is 38.1 Å². The van der Waals surface area contributed by atoms with Crippen molar-refractivity contribution >= 4 is 11.9 Å². The number of rotatable bonds is 4. The first-order chi connectivity index (χ1) is 11.6. The summed E-state index contributed by atoms with van der Waals surface area (Å²) in [5.74, 6) is 0.442. The highest BCUT2D eigenvalue weighted by Gasteiger charge is 2.30. The van der Waals surface area contributed by atoms with Gasteiger partial charge in [0.25, 0.3) is 5.91 Å². The molecule has 1 aliphatic heterocycles. The standard InChI is InChI=1S/C17H22N4O3/c1-3-24-17(23)13-6-10-21(11-7-13)16(22)14-12-18-19(2)15(14)20-8-4-5-9-20/h4-5,8-9,12-13H,3,6-7,10-11H2,1-2H3. The molecule has 0 bridgehead atoms. The molecule has 0 spiro atoms. The molecule has 0 saturated carbocycles. The Balaban J connectivity index is 1.72. The maximum Gasteiger partial charge on any atom is 0.309 e. The van der Waals surface area contributed by atoms with Gasteiger partial charge in [0.1, 0.15) is 11.4 Å². The number of piperidine rings is 1. The molecule has 0 N–H and O–H groups in total. The molecule has 3 heterocycles. The molecule has 1 saturated heterocycles. The van der Waals surface area contributed by atoms with Crippen LogP contribution in [0.5, 0.6) is 0 Å². The molecule has 0 atom stereocenters. The zero-order valence-corrected chi connectivity index (χ0v) is 14.0. The van der Waals surface area contributed by atoms with E-state index >= 15 is 0 Å². The third-order valence-corrected chi connectivity index (χ3v) is 4.39. The molecule has 24 heavy (non-hydrogen) atoms. The third kappa shape index (κ3) is 3.06. The van der Waals surface area contributed by atoms with Gasteiger partial charge in [-0.25, -0.2) is 0 Å². The van der Waals surface area contributed by atoms with Gasteiger partial charge in [-0.05, 0) is 31.9 Å². The van der Waals surface area contributed by atoms with E-state index in [4.69, 9.17) is 4.74 Å². The summed E-state index contributed by atoms with van der Waals surface area (Å²) in [5, 5.41) is 4.23. The van der Waals surface area contributed by atoms with Crippen LogP contribution in [0.1, 0.15) is 30.1 Å². The fraction of sp³-hybridized carbons (Fsp3) is 0.471. The number of amides is 1. The van der Waals surface area contributed by atoms with Gasteiger partial charge in [0.15, 0.2) is 0 Å². The van der Waals surface area contributed by atoms with Crippen LogP contribution in [0.3, 0.4) is 0 Å². The molecule has 0 aliphatic carbocycles. The average Bonchev–Trinajstić information content (AvgIpc) is 3.23. The number of ether oxygens (including phenoxy) is 1.